The molecule has 2 aromatic carbocycles. The summed E-state index contributed by atoms with van der Waals surface area (Å²) in [5, 5.41) is 7.38. The van der Waals surface area contributed by atoms with Crippen molar-refractivity contribution >= 4 is 5.91 Å². The molecule has 158 valence electrons. The van der Waals surface area contributed by atoms with Gasteiger partial charge in [-0.1, -0.05) is 36.4 Å². The van der Waals surface area contributed by atoms with Crippen LogP contribution in [0, 0.1) is 0 Å². The van der Waals surface area contributed by atoms with Crippen LogP contribution in [0.2, 0.25) is 0 Å². The van der Waals surface area contributed by atoms with E-state index in [9.17, 15) is 9.59 Å². The molecule has 32 heavy (non-hydrogen) atoms. The predicted octanol–water partition coefficient (Wildman–Crippen LogP) is 3.36. The summed E-state index contributed by atoms with van der Waals surface area (Å²) in [4.78, 5) is 29.6. The molecule has 7 nitrogen and oxygen atoms in total. The molecular formula is C25H20N4O3. The number of ether oxygens (including phenoxy) is 1. The third-order valence-electron chi connectivity index (χ3n) is 5.39. The highest BCUT2D eigenvalue weighted by molar-refractivity contribution is 5.89. The molecule has 0 aliphatic carbocycles. The standard InChI is InChI=1S/C25H20N4O3/c30-23-12-11-20(17-6-5-13-26-16-17)28-29(23)15-14-27-25(31)24-18-7-1-3-9-21(18)32-22-10-4-2-8-19(22)24/h1-13,16,24H,14-15H2,(H,27,31). The van der Waals surface area contributed by atoms with Crippen LogP contribution >= 0.6 is 0 Å². The molecule has 2 aromatic heterocycles. The van der Waals surface area contributed by atoms with Gasteiger partial charge in [-0.05, 0) is 30.3 Å². The predicted molar refractivity (Wildman–Crippen MR) is 120 cm³/mol. The van der Waals surface area contributed by atoms with Gasteiger partial charge in [-0.15, -0.1) is 0 Å². The minimum Gasteiger partial charge on any atom is -0.457 e. The van der Waals surface area contributed by atoms with Crippen LogP contribution in [0.25, 0.3) is 11.3 Å². The number of hydrogen-bond acceptors (Lipinski definition) is 5. The molecule has 1 aliphatic rings. The molecule has 4 aromatic rings. The fourth-order valence-corrected chi connectivity index (χ4v) is 3.86. The monoisotopic (exact) mass is 424 g/mol. The van der Waals surface area contributed by atoms with Crippen molar-refractivity contribution in [3.63, 3.8) is 0 Å². The van der Waals surface area contributed by atoms with Gasteiger partial charge in [0.1, 0.15) is 11.5 Å². The molecule has 1 N–H and O–H groups in total. The van der Waals surface area contributed by atoms with Crippen molar-refractivity contribution in [2.75, 3.05) is 6.54 Å². The van der Waals surface area contributed by atoms with Gasteiger partial charge in [0.15, 0.2) is 0 Å². The molecule has 0 radical (unpaired) electrons. The highest BCUT2D eigenvalue weighted by Crippen LogP contribution is 2.43. The largest absolute Gasteiger partial charge is 0.457 e. The molecular weight excluding hydrogens is 404 g/mol. The second kappa shape index (κ2) is 8.47. The van der Waals surface area contributed by atoms with Crippen molar-refractivity contribution in [3.05, 3.63) is 107 Å². The highest BCUT2D eigenvalue weighted by Gasteiger charge is 2.32. The number of fused-ring (bicyclic) bond motifs is 2. The lowest BCUT2D eigenvalue weighted by Gasteiger charge is -2.27. The van der Waals surface area contributed by atoms with Gasteiger partial charge >= 0.3 is 0 Å². The third kappa shape index (κ3) is 3.76. The Kier molecular flexibility index (Phi) is 5.21. The topological polar surface area (TPSA) is 86.1 Å². The summed E-state index contributed by atoms with van der Waals surface area (Å²) >= 11 is 0. The highest BCUT2D eigenvalue weighted by atomic mass is 16.5. The van der Waals surface area contributed by atoms with Gasteiger partial charge < -0.3 is 10.1 Å². The van der Waals surface area contributed by atoms with Crippen molar-refractivity contribution in [3.8, 4) is 22.8 Å². The molecule has 7 heteroatoms. The molecule has 0 saturated carbocycles. The van der Waals surface area contributed by atoms with E-state index in [4.69, 9.17) is 4.74 Å². The second-order valence-electron chi connectivity index (χ2n) is 7.42. The maximum absolute atomic E-state index is 13.2. The van der Waals surface area contributed by atoms with E-state index in [2.05, 4.69) is 15.4 Å². The Morgan fingerprint density at radius 3 is 2.34 bits per heavy atom. The molecule has 0 saturated heterocycles. The lowest BCUT2D eigenvalue weighted by atomic mass is 9.87. The van der Waals surface area contributed by atoms with Crippen LogP contribution in [0.5, 0.6) is 11.5 Å². The van der Waals surface area contributed by atoms with Crippen LogP contribution in [-0.2, 0) is 11.3 Å². The number of pyridine rings is 1. The third-order valence-corrected chi connectivity index (χ3v) is 5.39. The Bertz CT molecular complexity index is 1290. The van der Waals surface area contributed by atoms with Crippen LogP contribution in [-0.4, -0.2) is 27.2 Å². The summed E-state index contributed by atoms with van der Waals surface area (Å²) in [6.45, 7) is 0.523. The van der Waals surface area contributed by atoms with E-state index in [-0.39, 0.29) is 24.6 Å². The first-order valence-corrected chi connectivity index (χ1v) is 10.3. The van der Waals surface area contributed by atoms with Crippen molar-refractivity contribution in [2.45, 2.75) is 12.5 Å². The van der Waals surface area contributed by atoms with E-state index in [1.54, 1.807) is 18.5 Å². The minimum absolute atomic E-state index is 0.148. The van der Waals surface area contributed by atoms with Crippen LogP contribution < -0.4 is 15.6 Å². The average Bonchev–Trinajstić information content (AvgIpc) is 2.84. The number of aromatic nitrogens is 3. The SMILES string of the molecule is O=C(NCCn1nc(-c2cccnc2)ccc1=O)C1c2ccccc2Oc2ccccc21. The molecule has 0 bridgehead atoms. The molecule has 5 rings (SSSR count). The molecule has 3 heterocycles. The molecule has 0 spiro atoms. The van der Waals surface area contributed by atoms with Gasteiger partial charge in [-0.3, -0.25) is 14.6 Å². The fraction of sp³-hybridized carbons (Fsp3) is 0.120. The number of hydrogen-bond donors (Lipinski definition) is 1. The molecule has 0 atom stereocenters. The summed E-state index contributed by atoms with van der Waals surface area (Å²) in [5.41, 5.74) is 2.88. The number of benzene rings is 2. The first-order chi connectivity index (χ1) is 15.7. The van der Waals surface area contributed by atoms with Gasteiger partial charge in [0.2, 0.25) is 5.91 Å². The van der Waals surface area contributed by atoms with E-state index >= 15 is 0 Å². The number of para-hydroxylation sites is 2. The van der Waals surface area contributed by atoms with E-state index < -0.39 is 5.92 Å². The lowest BCUT2D eigenvalue weighted by molar-refractivity contribution is -0.121. The van der Waals surface area contributed by atoms with Crippen molar-refractivity contribution in [2.24, 2.45) is 0 Å². The smallest absolute Gasteiger partial charge is 0.266 e. The maximum Gasteiger partial charge on any atom is 0.266 e. The zero-order valence-corrected chi connectivity index (χ0v) is 17.1. The van der Waals surface area contributed by atoms with Crippen LogP contribution in [0.15, 0.2) is 90.0 Å². The number of nitrogens with one attached hydrogen (secondary N) is 1. The van der Waals surface area contributed by atoms with Crippen LogP contribution in [0.4, 0.5) is 0 Å². The van der Waals surface area contributed by atoms with Gasteiger partial charge in [0, 0.05) is 41.7 Å². The average molecular weight is 424 g/mol. The number of nitrogens with zero attached hydrogens (tertiary/aromatic N) is 3. The zero-order valence-electron chi connectivity index (χ0n) is 17.1. The normalized spacial score (nSPS) is 12.4. The number of carbonyl (C=O) groups is 1. The Morgan fingerprint density at radius 1 is 0.938 bits per heavy atom. The Labute approximate surface area is 184 Å². The fourth-order valence-electron chi connectivity index (χ4n) is 3.86. The summed E-state index contributed by atoms with van der Waals surface area (Å²) in [5.74, 6) is 0.717. The zero-order chi connectivity index (χ0) is 21.9. The Balaban J connectivity index is 1.34. The molecule has 1 aliphatic heterocycles. The summed E-state index contributed by atoms with van der Waals surface area (Å²) in [6.07, 6.45) is 3.38. The maximum atomic E-state index is 13.2. The first-order valence-electron chi connectivity index (χ1n) is 10.3. The van der Waals surface area contributed by atoms with E-state index in [1.807, 2.05) is 60.7 Å². The molecule has 0 unspecified atom stereocenters. The van der Waals surface area contributed by atoms with Crippen molar-refractivity contribution in [1.82, 2.24) is 20.1 Å². The molecule has 1 amide bonds. The summed E-state index contributed by atoms with van der Waals surface area (Å²) < 4.78 is 7.32. The van der Waals surface area contributed by atoms with Crippen molar-refractivity contribution in [1.29, 1.82) is 0 Å². The lowest BCUT2D eigenvalue weighted by Crippen LogP contribution is -2.35. The number of amides is 1. The molecule has 0 fully saturated rings. The minimum atomic E-state index is -0.484. The van der Waals surface area contributed by atoms with Gasteiger partial charge in [0.25, 0.3) is 5.56 Å². The Hall–Kier alpha value is -4.26. The van der Waals surface area contributed by atoms with E-state index in [1.165, 1.54) is 10.7 Å². The van der Waals surface area contributed by atoms with Crippen molar-refractivity contribution < 1.29 is 9.53 Å². The second-order valence-corrected chi connectivity index (χ2v) is 7.42. The van der Waals surface area contributed by atoms with Gasteiger partial charge in [-0.2, -0.15) is 5.10 Å². The number of carbonyl (C=O) groups excluding carboxylic acids is 1. The van der Waals surface area contributed by atoms with E-state index in [0.29, 0.717) is 17.2 Å². The summed E-state index contributed by atoms with van der Waals surface area (Å²) in [6, 6.07) is 21.9. The number of rotatable bonds is 5. The quantitative estimate of drug-likeness (QED) is 0.531. The van der Waals surface area contributed by atoms with Crippen LogP contribution in [0.3, 0.4) is 0 Å². The van der Waals surface area contributed by atoms with Crippen LogP contribution in [0.1, 0.15) is 17.0 Å². The van der Waals surface area contributed by atoms with Gasteiger partial charge in [0.05, 0.1) is 18.2 Å². The first kappa shape index (κ1) is 19.7. The Morgan fingerprint density at radius 2 is 1.66 bits per heavy atom. The van der Waals surface area contributed by atoms with Gasteiger partial charge in [-0.25, -0.2) is 4.68 Å². The van der Waals surface area contributed by atoms with E-state index in [0.717, 1.165) is 16.7 Å². The summed E-state index contributed by atoms with van der Waals surface area (Å²) in [7, 11) is 0.